The minimum atomic E-state index is -0.231. The molecule has 0 saturated heterocycles. The second kappa shape index (κ2) is 6.59. The van der Waals surface area contributed by atoms with E-state index in [9.17, 15) is 0 Å². The fourth-order valence-corrected chi connectivity index (χ4v) is 4.50. The Bertz CT molecular complexity index is 1000. The summed E-state index contributed by atoms with van der Waals surface area (Å²) in [5.41, 5.74) is 4.34. The van der Waals surface area contributed by atoms with E-state index in [4.69, 9.17) is 26.2 Å². The maximum absolute atomic E-state index is 6.31. The summed E-state index contributed by atoms with van der Waals surface area (Å²) >= 11 is 7.93. The summed E-state index contributed by atoms with van der Waals surface area (Å²) in [6, 6.07) is 16.1. The lowest BCUT2D eigenvalue weighted by Crippen LogP contribution is -2.33. The first-order valence-corrected chi connectivity index (χ1v) is 10.0. The predicted molar refractivity (Wildman–Crippen MR) is 108 cm³/mol. The highest BCUT2D eigenvalue weighted by Gasteiger charge is 2.41. The number of ether oxygens (including phenoxy) is 2. The Labute approximate surface area is 166 Å². The van der Waals surface area contributed by atoms with Crippen LogP contribution >= 0.6 is 22.9 Å². The molecule has 2 aromatic carbocycles. The van der Waals surface area contributed by atoms with E-state index in [0.717, 1.165) is 40.3 Å². The second-order valence-electron chi connectivity index (χ2n) is 6.58. The van der Waals surface area contributed by atoms with Crippen molar-refractivity contribution in [1.29, 1.82) is 0 Å². The monoisotopic (exact) mass is 396 g/mol. The van der Waals surface area contributed by atoms with E-state index in [-0.39, 0.29) is 12.3 Å². The van der Waals surface area contributed by atoms with Gasteiger partial charge in [-0.15, -0.1) is 0 Å². The molecule has 0 N–H and O–H groups in total. The van der Waals surface area contributed by atoms with Gasteiger partial charge in [0.25, 0.3) is 0 Å². The van der Waals surface area contributed by atoms with Gasteiger partial charge in [0.1, 0.15) is 11.5 Å². The molecule has 0 unspecified atom stereocenters. The van der Waals surface area contributed by atoms with Gasteiger partial charge in [-0.05, 0) is 64.9 Å². The third-order valence-corrected chi connectivity index (χ3v) is 5.94. The smallest absolute Gasteiger partial charge is 0.214 e. The van der Waals surface area contributed by atoms with Crippen LogP contribution in [0.4, 0.5) is 0 Å². The number of nitrogens with zero attached hydrogens (tertiary/aromatic N) is 2. The minimum absolute atomic E-state index is 0.106. The van der Waals surface area contributed by atoms with Crippen LogP contribution in [-0.4, -0.2) is 17.8 Å². The molecule has 0 spiro atoms. The minimum Gasteiger partial charge on any atom is -0.497 e. The zero-order valence-electron chi connectivity index (χ0n) is 14.6. The highest BCUT2D eigenvalue weighted by atomic mass is 35.5. The summed E-state index contributed by atoms with van der Waals surface area (Å²) in [6.45, 7) is 0. The van der Waals surface area contributed by atoms with Crippen molar-refractivity contribution in [1.82, 2.24) is 5.01 Å². The van der Waals surface area contributed by atoms with Crippen LogP contribution in [0.15, 0.2) is 64.4 Å². The molecule has 0 bridgehead atoms. The maximum Gasteiger partial charge on any atom is 0.214 e. The lowest BCUT2D eigenvalue weighted by molar-refractivity contribution is -0.0187. The van der Waals surface area contributed by atoms with E-state index in [0.29, 0.717) is 5.02 Å². The van der Waals surface area contributed by atoms with Crippen molar-refractivity contribution in [2.24, 2.45) is 5.10 Å². The summed E-state index contributed by atoms with van der Waals surface area (Å²) in [5.74, 6) is 1.72. The topological polar surface area (TPSA) is 34.1 Å². The Morgan fingerprint density at radius 3 is 2.78 bits per heavy atom. The normalized spacial score (nSPS) is 20.5. The summed E-state index contributed by atoms with van der Waals surface area (Å²) < 4.78 is 11.6. The average molecular weight is 397 g/mol. The van der Waals surface area contributed by atoms with Crippen LogP contribution in [-0.2, 0) is 0 Å². The summed E-state index contributed by atoms with van der Waals surface area (Å²) in [6.07, 6.45) is 0.578. The Kier molecular flexibility index (Phi) is 4.06. The van der Waals surface area contributed by atoms with Crippen molar-refractivity contribution < 1.29 is 9.47 Å². The maximum atomic E-state index is 6.31. The van der Waals surface area contributed by atoms with E-state index in [1.807, 2.05) is 30.3 Å². The molecule has 3 heterocycles. The number of benzene rings is 2. The van der Waals surface area contributed by atoms with Gasteiger partial charge in [-0.3, -0.25) is 0 Å². The van der Waals surface area contributed by atoms with Crippen molar-refractivity contribution in [2.45, 2.75) is 18.7 Å². The molecule has 2 aliphatic rings. The van der Waals surface area contributed by atoms with Crippen molar-refractivity contribution >= 4 is 28.6 Å². The third-order valence-electron chi connectivity index (χ3n) is 5.00. The fourth-order valence-electron chi connectivity index (χ4n) is 3.65. The molecule has 27 heavy (non-hydrogen) atoms. The Balaban J connectivity index is 1.57. The van der Waals surface area contributed by atoms with Gasteiger partial charge >= 0.3 is 0 Å². The molecule has 2 atom stereocenters. The first-order chi connectivity index (χ1) is 13.2. The second-order valence-corrected chi connectivity index (χ2v) is 7.80. The van der Waals surface area contributed by atoms with Gasteiger partial charge in [0, 0.05) is 22.6 Å². The van der Waals surface area contributed by atoms with E-state index in [1.165, 1.54) is 0 Å². The van der Waals surface area contributed by atoms with Gasteiger partial charge in [-0.1, -0.05) is 11.6 Å². The first-order valence-electron chi connectivity index (χ1n) is 8.71. The number of methoxy groups -OCH3 is 1. The number of halogens is 1. The molecule has 4 nitrogen and oxygen atoms in total. The van der Waals surface area contributed by atoms with Crippen LogP contribution in [0.2, 0.25) is 5.02 Å². The molecule has 1 aromatic heterocycles. The molecule has 136 valence electrons. The SMILES string of the molecule is COc1ccc(C2=NN3[C@@H](C2)c2cc(Cl)ccc2O[C@H]3c2ccsc2)cc1. The zero-order valence-corrected chi connectivity index (χ0v) is 16.2. The first kappa shape index (κ1) is 16.7. The van der Waals surface area contributed by atoms with Crippen LogP contribution in [0.1, 0.15) is 35.4 Å². The quantitative estimate of drug-likeness (QED) is 0.573. The lowest BCUT2D eigenvalue weighted by atomic mass is 9.96. The Hall–Kier alpha value is -2.50. The molecule has 0 fully saturated rings. The van der Waals surface area contributed by atoms with Gasteiger partial charge in [-0.25, -0.2) is 5.01 Å². The Morgan fingerprint density at radius 1 is 1.19 bits per heavy atom. The molecule has 2 aliphatic heterocycles. The molecule has 0 saturated carbocycles. The largest absolute Gasteiger partial charge is 0.497 e. The Morgan fingerprint density at radius 2 is 2.04 bits per heavy atom. The summed E-state index contributed by atoms with van der Waals surface area (Å²) in [5, 5.41) is 11.9. The molecular formula is C21H17ClN2O2S. The summed E-state index contributed by atoms with van der Waals surface area (Å²) in [7, 11) is 1.67. The van der Waals surface area contributed by atoms with Crippen LogP contribution in [0, 0.1) is 0 Å². The molecule has 6 heteroatoms. The van der Waals surface area contributed by atoms with E-state index in [1.54, 1.807) is 18.4 Å². The summed E-state index contributed by atoms with van der Waals surface area (Å²) in [4.78, 5) is 0. The number of rotatable bonds is 3. The third kappa shape index (κ3) is 2.87. The van der Waals surface area contributed by atoms with Crippen molar-refractivity contribution in [3.8, 4) is 11.5 Å². The van der Waals surface area contributed by atoms with E-state index >= 15 is 0 Å². The molecular weight excluding hydrogens is 380 g/mol. The van der Waals surface area contributed by atoms with Crippen LogP contribution in [0.25, 0.3) is 0 Å². The molecule has 0 aliphatic carbocycles. The molecule has 0 amide bonds. The number of hydrazone groups is 1. The fraction of sp³-hybridized carbons (Fsp3) is 0.190. The molecule has 3 aromatic rings. The highest BCUT2D eigenvalue weighted by Crippen LogP contribution is 2.48. The molecule has 0 radical (unpaired) electrons. The molecule has 5 rings (SSSR count). The van der Waals surface area contributed by atoms with Gasteiger partial charge < -0.3 is 9.47 Å². The zero-order chi connectivity index (χ0) is 18.4. The van der Waals surface area contributed by atoms with Gasteiger partial charge in [0.2, 0.25) is 6.23 Å². The number of hydrogen-bond acceptors (Lipinski definition) is 5. The standard InChI is InChI=1S/C21H17ClN2O2S/c1-25-16-5-2-13(3-6-16)18-11-19-17-10-15(22)4-7-20(17)26-21(24(19)23-18)14-8-9-27-12-14/h2-10,12,19,21H,11H2,1H3/t19-,21-/m0/s1. The van der Waals surface area contributed by atoms with Crippen molar-refractivity contribution in [2.75, 3.05) is 7.11 Å². The van der Waals surface area contributed by atoms with Crippen LogP contribution in [0.3, 0.4) is 0 Å². The number of thiophene rings is 1. The van der Waals surface area contributed by atoms with Gasteiger partial charge in [0.05, 0.1) is 18.9 Å². The number of hydrogen-bond donors (Lipinski definition) is 0. The average Bonchev–Trinajstić information content (AvgIpc) is 3.38. The highest BCUT2D eigenvalue weighted by molar-refractivity contribution is 7.07. The number of fused-ring (bicyclic) bond motifs is 3. The predicted octanol–water partition coefficient (Wildman–Crippen LogP) is 5.65. The van der Waals surface area contributed by atoms with E-state index < -0.39 is 0 Å². The van der Waals surface area contributed by atoms with Crippen LogP contribution in [0.5, 0.6) is 11.5 Å². The van der Waals surface area contributed by atoms with Gasteiger partial charge in [-0.2, -0.15) is 16.4 Å². The van der Waals surface area contributed by atoms with Crippen molar-refractivity contribution in [3.05, 3.63) is 81.0 Å². The lowest BCUT2D eigenvalue weighted by Gasteiger charge is -2.37. The van der Waals surface area contributed by atoms with Crippen molar-refractivity contribution in [3.63, 3.8) is 0 Å². The van der Waals surface area contributed by atoms with Crippen LogP contribution < -0.4 is 9.47 Å². The van der Waals surface area contributed by atoms with E-state index in [2.05, 4.69) is 34.0 Å². The van der Waals surface area contributed by atoms with Gasteiger partial charge in [0.15, 0.2) is 0 Å².